The summed E-state index contributed by atoms with van der Waals surface area (Å²) in [5.41, 5.74) is 0. The van der Waals surface area contributed by atoms with Gasteiger partial charge >= 0.3 is 0 Å². The average Bonchev–Trinajstić information content (AvgIpc) is 2.52. The molecule has 1 aliphatic rings. The van der Waals surface area contributed by atoms with Gasteiger partial charge in [0.2, 0.25) is 0 Å². The molecule has 11 heavy (non-hydrogen) atoms. The second-order valence-corrected chi connectivity index (χ2v) is 3.42. The highest BCUT2D eigenvalue weighted by molar-refractivity contribution is 4.82. The van der Waals surface area contributed by atoms with Crippen molar-refractivity contribution in [1.29, 1.82) is 5.26 Å². The molecule has 0 amide bonds. The summed E-state index contributed by atoms with van der Waals surface area (Å²) in [6.07, 6.45) is 5.33. The van der Waals surface area contributed by atoms with E-state index in [-0.39, 0.29) is 5.92 Å². The first-order valence-corrected chi connectivity index (χ1v) is 4.46. The van der Waals surface area contributed by atoms with Crippen LogP contribution in [0.4, 0.5) is 0 Å². The lowest BCUT2D eigenvalue weighted by molar-refractivity contribution is 0.492. The Morgan fingerprint density at radius 3 is 2.73 bits per heavy atom. The molecule has 0 aliphatic heterocycles. The molecule has 2 nitrogen and oxygen atoms in total. The highest BCUT2D eigenvalue weighted by atomic mass is 14.9. The molecule has 1 saturated carbocycles. The highest BCUT2D eigenvalue weighted by Gasteiger charge is 2.14. The fourth-order valence-corrected chi connectivity index (χ4v) is 1.52. The molecule has 0 spiro atoms. The van der Waals surface area contributed by atoms with E-state index in [4.69, 9.17) is 5.26 Å². The summed E-state index contributed by atoms with van der Waals surface area (Å²) in [6.45, 7) is 2.82. The predicted octanol–water partition coefficient (Wildman–Crippen LogP) is 1.68. The van der Waals surface area contributed by atoms with Crippen LogP contribution in [0.3, 0.4) is 0 Å². The van der Waals surface area contributed by atoms with E-state index in [2.05, 4.69) is 11.4 Å². The zero-order valence-electron chi connectivity index (χ0n) is 7.14. The van der Waals surface area contributed by atoms with Crippen molar-refractivity contribution in [2.75, 3.05) is 6.54 Å². The maximum atomic E-state index is 8.52. The molecule has 0 aromatic heterocycles. The third-order valence-electron chi connectivity index (χ3n) is 2.29. The monoisotopic (exact) mass is 152 g/mol. The SMILES string of the molecule is CC(C#N)CNC1CCCC1. The molecular formula is C9H16N2. The molecule has 0 heterocycles. The van der Waals surface area contributed by atoms with Gasteiger partial charge in [-0.25, -0.2) is 0 Å². The average molecular weight is 152 g/mol. The molecule has 0 saturated heterocycles. The van der Waals surface area contributed by atoms with Crippen LogP contribution in [0.5, 0.6) is 0 Å². The first-order valence-electron chi connectivity index (χ1n) is 4.46. The van der Waals surface area contributed by atoms with Crippen molar-refractivity contribution >= 4 is 0 Å². The normalized spacial score (nSPS) is 21.5. The Morgan fingerprint density at radius 2 is 2.18 bits per heavy atom. The van der Waals surface area contributed by atoms with Gasteiger partial charge in [0, 0.05) is 12.6 Å². The van der Waals surface area contributed by atoms with E-state index in [0.717, 1.165) is 6.54 Å². The molecule has 0 radical (unpaired) electrons. The van der Waals surface area contributed by atoms with Crippen molar-refractivity contribution in [3.63, 3.8) is 0 Å². The van der Waals surface area contributed by atoms with Gasteiger partial charge in [-0.2, -0.15) is 5.26 Å². The van der Waals surface area contributed by atoms with E-state index in [1.807, 2.05) is 6.92 Å². The second kappa shape index (κ2) is 4.35. The first-order chi connectivity index (χ1) is 5.33. The van der Waals surface area contributed by atoms with E-state index in [9.17, 15) is 0 Å². The smallest absolute Gasteiger partial charge is 0.0666 e. The van der Waals surface area contributed by atoms with Gasteiger partial charge in [-0.1, -0.05) is 12.8 Å². The first kappa shape index (κ1) is 8.55. The molecule has 1 atom stereocenters. The minimum Gasteiger partial charge on any atom is -0.313 e. The van der Waals surface area contributed by atoms with E-state index in [1.165, 1.54) is 25.7 Å². The topological polar surface area (TPSA) is 35.8 Å². The van der Waals surface area contributed by atoms with Crippen molar-refractivity contribution in [3.05, 3.63) is 0 Å². The Labute approximate surface area is 68.6 Å². The quantitative estimate of drug-likeness (QED) is 0.667. The van der Waals surface area contributed by atoms with Crippen molar-refractivity contribution in [1.82, 2.24) is 5.32 Å². The lowest BCUT2D eigenvalue weighted by Crippen LogP contribution is -2.29. The van der Waals surface area contributed by atoms with Crippen LogP contribution in [0.2, 0.25) is 0 Å². The van der Waals surface area contributed by atoms with Gasteiger partial charge in [0.05, 0.1) is 12.0 Å². The Morgan fingerprint density at radius 1 is 1.55 bits per heavy atom. The molecule has 2 heteroatoms. The largest absolute Gasteiger partial charge is 0.313 e. The Kier molecular flexibility index (Phi) is 3.38. The van der Waals surface area contributed by atoms with E-state index in [1.54, 1.807) is 0 Å². The van der Waals surface area contributed by atoms with Crippen molar-refractivity contribution in [2.24, 2.45) is 5.92 Å². The molecule has 1 aliphatic carbocycles. The fourth-order valence-electron chi connectivity index (χ4n) is 1.52. The van der Waals surface area contributed by atoms with Crippen LogP contribution in [-0.2, 0) is 0 Å². The predicted molar refractivity (Wildman–Crippen MR) is 45.0 cm³/mol. The van der Waals surface area contributed by atoms with Crippen molar-refractivity contribution in [2.45, 2.75) is 38.6 Å². The zero-order chi connectivity index (χ0) is 8.10. The van der Waals surface area contributed by atoms with E-state index in [0.29, 0.717) is 6.04 Å². The molecule has 0 bridgehead atoms. The van der Waals surface area contributed by atoms with Gasteiger partial charge < -0.3 is 5.32 Å². The van der Waals surface area contributed by atoms with E-state index < -0.39 is 0 Å². The number of hydrogen-bond donors (Lipinski definition) is 1. The molecule has 0 aromatic carbocycles. The molecule has 1 unspecified atom stereocenters. The van der Waals surface area contributed by atoms with Crippen LogP contribution in [-0.4, -0.2) is 12.6 Å². The Hall–Kier alpha value is -0.550. The minimum atomic E-state index is 0.163. The highest BCUT2D eigenvalue weighted by Crippen LogP contribution is 2.17. The zero-order valence-corrected chi connectivity index (χ0v) is 7.14. The lowest BCUT2D eigenvalue weighted by Gasteiger charge is -2.11. The number of nitriles is 1. The van der Waals surface area contributed by atoms with E-state index >= 15 is 0 Å². The molecule has 62 valence electrons. The number of nitrogens with one attached hydrogen (secondary N) is 1. The summed E-state index contributed by atoms with van der Waals surface area (Å²) >= 11 is 0. The minimum absolute atomic E-state index is 0.163. The third-order valence-corrected chi connectivity index (χ3v) is 2.29. The van der Waals surface area contributed by atoms with Crippen LogP contribution in [0, 0.1) is 17.2 Å². The molecule has 1 fully saturated rings. The standard InChI is InChI=1S/C9H16N2/c1-8(6-10)7-11-9-4-2-3-5-9/h8-9,11H,2-5,7H2,1H3. The third kappa shape index (κ3) is 2.90. The van der Waals surface area contributed by atoms with Gasteiger partial charge in [-0.3, -0.25) is 0 Å². The van der Waals surface area contributed by atoms with Crippen LogP contribution in [0.15, 0.2) is 0 Å². The maximum Gasteiger partial charge on any atom is 0.0666 e. The summed E-state index contributed by atoms with van der Waals surface area (Å²) in [5, 5.41) is 11.9. The summed E-state index contributed by atoms with van der Waals surface area (Å²) in [4.78, 5) is 0. The number of hydrogen-bond acceptors (Lipinski definition) is 2. The van der Waals surface area contributed by atoms with Gasteiger partial charge in [-0.15, -0.1) is 0 Å². The van der Waals surface area contributed by atoms with Gasteiger partial charge in [0.15, 0.2) is 0 Å². The number of nitrogens with zero attached hydrogens (tertiary/aromatic N) is 1. The van der Waals surface area contributed by atoms with Crippen LogP contribution >= 0.6 is 0 Å². The lowest BCUT2D eigenvalue weighted by atomic mass is 10.2. The molecule has 1 N–H and O–H groups in total. The molecular weight excluding hydrogens is 136 g/mol. The molecule has 1 rings (SSSR count). The summed E-state index contributed by atoms with van der Waals surface area (Å²) in [7, 11) is 0. The fraction of sp³-hybridized carbons (Fsp3) is 0.889. The molecule has 0 aromatic rings. The number of rotatable bonds is 3. The summed E-state index contributed by atoms with van der Waals surface area (Å²) in [5.74, 6) is 0.163. The van der Waals surface area contributed by atoms with Crippen molar-refractivity contribution in [3.8, 4) is 6.07 Å². The van der Waals surface area contributed by atoms with Crippen LogP contribution < -0.4 is 5.32 Å². The van der Waals surface area contributed by atoms with Gasteiger partial charge in [-0.05, 0) is 19.8 Å². The maximum absolute atomic E-state index is 8.52. The second-order valence-electron chi connectivity index (χ2n) is 3.42. The summed E-state index contributed by atoms with van der Waals surface area (Å²) in [6, 6.07) is 2.93. The Bertz CT molecular complexity index is 142. The van der Waals surface area contributed by atoms with Crippen molar-refractivity contribution < 1.29 is 0 Å². The van der Waals surface area contributed by atoms with Crippen LogP contribution in [0.1, 0.15) is 32.6 Å². The Balaban J connectivity index is 2.07. The summed E-state index contributed by atoms with van der Waals surface area (Å²) < 4.78 is 0. The van der Waals surface area contributed by atoms with Crippen LogP contribution in [0.25, 0.3) is 0 Å². The van der Waals surface area contributed by atoms with Gasteiger partial charge in [0.25, 0.3) is 0 Å². The van der Waals surface area contributed by atoms with Gasteiger partial charge in [0.1, 0.15) is 0 Å².